The molecule has 2 bridgehead atoms. The van der Waals surface area contributed by atoms with Crippen molar-refractivity contribution >= 4 is 15.9 Å². The fourth-order valence-electron chi connectivity index (χ4n) is 5.13. The Morgan fingerprint density at radius 3 is 2.88 bits per heavy atom. The van der Waals surface area contributed by atoms with Crippen molar-refractivity contribution in [1.29, 1.82) is 0 Å². The van der Waals surface area contributed by atoms with Crippen molar-refractivity contribution in [3.05, 3.63) is 45.2 Å². The van der Waals surface area contributed by atoms with E-state index in [0.29, 0.717) is 6.04 Å². The van der Waals surface area contributed by atoms with E-state index in [-0.39, 0.29) is 11.5 Å². The fourth-order valence-corrected chi connectivity index (χ4v) is 5.70. The van der Waals surface area contributed by atoms with E-state index in [1.54, 1.807) is 14.2 Å². The summed E-state index contributed by atoms with van der Waals surface area (Å²) in [6, 6.07) is 2.46. The van der Waals surface area contributed by atoms with Crippen LogP contribution in [0.25, 0.3) is 0 Å². The molecule has 5 heteroatoms. The zero-order valence-corrected chi connectivity index (χ0v) is 15.6. The van der Waals surface area contributed by atoms with E-state index in [2.05, 4.69) is 40.0 Å². The number of rotatable bonds is 2. The van der Waals surface area contributed by atoms with E-state index in [4.69, 9.17) is 14.2 Å². The van der Waals surface area contributed by atoms with E-state index in [1.165, 1.54) is 16.7 Å². The summed E-state index contributed by atoms with van der Waals surface area (Å²) in [4.78, 5) is 2.47. The quantitative estimate of drug-likeness (QED) is 0.776. The van der Waals surface area contributed by atoms with Gasteiger partial charge in [-0.3, -0.25) is 4.90 Å². The minimum absolute atomic E-state index is 0.0871. The topological polar surface area (TPSA) is 30.9 Å². The lowest BCUT2D eigenvalue weighted by atomic mass is 9.57. The Hall–Kier alpha value is -1.46. The summed E-state index contributed by atoms with van der Waals surface area (Å²) in [5.41, 5.74) is 4.03. The van der Waals surface area contributed by atoms with Crippen LogP contribution in [0.4, 0.5) is 0 Å². The maximum absolute atomic E-state index is 6.50. The summed E-state index contributed by atoms with van der Waals surface area (Å²) in [6.45, 7) is 1.06. The first-order chi connectivity index (χ1) is 11.6. The standard InChI is InChI=1S/C19H20BrNO3/c1-21-7-6-19-11-4-5-14(22-2)18(19)24-17-15(23-3)9-12(20)10(16(17)19)8-13(11)21/h4-5,9,13,18H,6-8H2,1-3H3. The third kappa shape index (κ3) is 1.53. The lowest BCUT2D eigenvalue weighted by molar-refractivity contribution is 0.0734. The molecule has 1 saturated heterocycles. The van der Waals surface area contributed by atoms with Gasteiger partial charge in [-0.2, -0.15) is 0 Å². The first-order valence-electron chi connectivity index (χ1n) is 8.34. The van der Waals surface area contributed by atoms with Crippen LogP contribution < -0.4 is 9.47 Å². The first kappa shape index (κ1) is 14.8. The summed E-state index contributed by atoms with van der Waals surface area (Å²) in [5, 5.41) is 0. The van der Waals surface area contributed by atoms with Gasteiger partial charge >= 0.3 is 0 Å². The molecule has 126 valence electrons. The number of likely N-dealkylation sites (tertiary alicyclic amines) is 1. The van der Waals surface area contributed by atoms with Crippen LogP contribution in [0.3, 0.4) is 0 Å². The molecule has 4 aliphatic rings. The molecule has 2 aliphatic heterocycles. The van der Waals surface area contributed by atoms with Crippen LogP contribution in [0.1, 0.15) is 17.5 Å². The number of nitrogens with zero attached hydrogens (tertiary/aromatic N) is 1. The van der Waals surface area contributed by atoms with Crippen LogP contribution in [-0.4, -0.2) is 44.9 Å². The van der Waals surface area contributed by atoms with E-state index in [1.807, 2.05) is 6.07 Å². The summed E-state index contributed by atoms with van der Waals surface area (Å²) < 4.78 is 18.9. The van der Waals surface area contributed by atoms with Gasteiger partial charge in [0, 0.05) is 16.1 Å². The second kappa shape index (κ2) is 4.79. The van der Waals surface area contributed by atoms with Crippen LogP contribution in [0.15, 0.2) is 34.0 Å². The van der Waals surface area contributed by atoms with Gasteiger partial charge in [0.05, 0.1) is 19.6 Å². The summed E-state index contributed by atoms with van der Waals surface area (Å²) in [6.07, 6.45) is 6.31. The summed E-state index contributed by atoms with van der Waals surface area (Å²) >= 11 is 3.78. The normalized spacial score (nSPS) is 32.5. The van der Waals surface area contributed by atoms with Crippen molar-refractivity contribution in [2.75, 3.05) is 27.8 Å². The Morgan fingerprint density at radius 2 is 2.12 bits per heavy atom. The molecular formula is C19H20BrNO3. The SMILES string of the molecule is COC1=CC=C2C3Cc4c(Br)cc(OC)c5c4C2(CCN3C)C1O5. The number of hydrogen-bond acceptors (Lipinski definition) is 4. The predicted octanol–water partition coefficient (Wildman–Crippen LogP) is 3.19. The fraction of sp³-hybridized carbons (Fsp3) is 0.474. The molecule has 3 atom stereocenters. The minimum Gasteiger partial charge on any atom is -0.497 e. The molecular weight excluding hydrogens is 370 g/mol. The largest absolute Gasteiger partial charge is 0.497 e. The Bertz CT molecular complexity index is 815. The van der Waals surface area contributed by atoms with Crippen LogP contribution in [-0.2, 0) is 16.6 Å². The van der Waals surface area contributed by atoms with Gasteiger partial charge in [0.15, 0.2) is 17.6 Å². The number of hydrogen-bond donors (Lipinski definition) is 0. The smallest absolute Gasteiger partial charge is 0.169 e. The van der Waals surface area contributed by atoms with Crippen LogP contribution in [0.2, 0.25) is 0 Å². The minimum atomic E-state index is -0.114. The predicted molar refractivity (Wildman–Crippen MR) is 94.7 cm³/mol. The average molecular weight is 390 g/mol. The zero-order valence-electron chi connectivity index (χ0n) is 14.1. The van der Waals surface area contributed by atoms with Gasteiger partial charge in [0.25, 0.3) is 0 Å². The first-order valence-corrected chi connectivity index (χ1v) is 9.14. The average Bonchev–Trinajstić information content (AvgIpc) is 2.93. The number of halogens is 1. The Labute approximate surface area is 150 Å². The Kier molecular flexibility index (Phi) is 2.97. The molecule has 24 heavy (non-hydrogen) atoms. The molecule has 0 aromatic heterocycles. The number of piperidine rings is 1. The van der Waals surface area contributed by atoms with Gasteiger partial charge in [-0.25, -0.2) is 0 Å². The molecule has 0 N–H and O–H groups in total. The Morgan fingerprint density at radius 1 is 1.29 bits per heavy atom. The van der Waals surface area contributed by atoms with Crippen molar-refractivity contribution in [1.82, 2.24) is 4.90 Å². The molecule has 1 aromatic rings. The number of methoxy groups -OCH3 is 2. The number of benzene rings is 1. The number of allylic oxidation sites excluding steroid dienone is 2. The van der Waals surface area contributed by atoms with Crippen molar-refractivity contribution in [2.24, 2.45) is 0 Å². The van der Waals surface area contributed by atoms with Crippen LogP contribution >= 0.6 is 15.9 Å². The van der Waals surface area contributed by atoms with E-state index < -0.39 is 0 Å². The van der Waals surface area contributed by atoms with Crippen LogP contribution in [0, 0.1) is 0 Å². The van der Waals surface area contributed by atoms with E-state index in [0.717, 1.165) is 41.1 Å². The van der Waals surface area contributed by atoms with Gasteiger partial charge in [-0.1, -0.05) is 22.0 Å². The highest BCUT2D eigenvalue weighted by Crippen LogP contribution is 2.63. The van der Waals surface area contributed by atoms with Crippen LogP contribution in [0.5, 0.6) is 11.5 Å². The second-order valence-corrected chi connectivity index (χ2v) is 7.91. The van der Waals surface area contributed by atoms with Crippen molar-refractivity contribution in [3.63, 3.8) is 0 Å². The lowest BCUT2D eigenvalue weighted by Gasteiger charge is -2.52. The molecule has 4 nitrogen and oxygen atoms in total. The van der Waals surface area contributed by atoms with Gasteiger partial charge in [0.2, 0.25) is 0 Å². The maximum Gasteiger partial charge on any atom is 0.169 e. The summed E-state index contributed by atoms with van der Waals surface area (Å²) in [5.74, 6) is 2.61. The van der Waals surface area contributed by atoms with Crippen molar-refractivity contribution in [2.45, 2.75) is 30.4 Å². The summed E-state index contributed by atoms with van der Waals surface area (Å²) in [7, 11) is 5.66. The molecule has 1 spiro atoms. The third-order valence-corrected chi connectivity index (χ3v) is 6.94. The zero-order chi connectivity index (χ0) is 16.6. The Balaban J connectivity index is 1.87. The third-order valence-electron chi connectivity index (χ3n) is 6.23. The molecule has 2 aliphatic carbocycles. The maximum atomic E-state index is 6.50. The van der Waals surface area contributed by atoms with Gasteiger partial charge in [-0.15, -0.1) is 0 Å². The molecule has 5 rings (SSSR count). The van der Waals surface area contributed by atoms with Gasteiger partial charge in [0.1, 0.15) is 5.76 Å². The highest BCUT2D eigenvalue weighted by molar-refractivity contribution is 9.10. The lowest BCUT2D eigenvalue weighted by Crippen LogP contribution is -2.58. The highest BCUT2D eigenvalue weighted by atomic mass is 79.9. The van der Waals surface area contributed by atoms with Gasteiger partial charge < -0.3 is 14.2 Å². The number of likely N-dealkylation sites (N-methyl/N-ethyl adjacent to an activating group) is 1. The monoisotopic (exact) mass is 389 g/mol. The molecule has 1 aromatic carbocycles. The molecule has 0 saturated carbocycles. The molecule has 1 fully saturated rings. The highest BCUT2D eigenvalue weighted by Gasteiger charge is 2.62. The van der Waals surface area contributed by atoms with Gasteiger partial charge in [-0.05, 0) is 49.7 Å². The van der Waals surface area contributed by atoms with E-state index in [9.17, 15) is 0 Å². The molecule has 2 heterocycles. The molecule has 0 amide bonds. The van der Waals surface area contributed by atoms with Crippen molar-refractivity contribution in [3.8, 4) is 11.5 Å². The van der Waals surface area contributed by atoms with Crippen molar-refractivity contribution < 1.29 is 14.2 Å². The molecule has 0 radical (unpaired) electrons. The number of ether oxygens (including phenoxy) is 3. The second-order valence-electron chi connectivity index (χ2n) is 7.06. The molecule has 3 unspecified atom stereocenters. The van der Waals surface area contributed by atoms with E-state index >= 15 is 0 Å².